The van der Waals surface area contributed by atoms with Gasteiger partial charge in [-0.15, -0.1) is 0 Å². The van der Waals surface area contributed by atoms with Crippen molar-refractivity contribution in [2.24, 2.45) is 11.8 Å². The van der Waals surface area contributed by atoms with Gasteiger partial charge >= 0.3 is 0 Å². The predicted molar refractivity (Wildman–Crippen MR) is 126 cm³/mol. The number of hydrogen-bond acceptors (Lipinski definition) is 6. The van der Waals surface area contributed by atoms with Crippen molar-refractivity contribution in [2.75, 3.05) is 44.2 Å². The molecule has 5 rings (SSSR count). The van der Waals surface area contributed by atoms with Gasteiger partial charge < -0.3 is 14.7 Å². The maximum Gasteiger partial charge on any atom is 0.233 e. The van der Waals surface area contributed by atoms with Crippen LogP contribution in [0.5, 0.6) is 5.75 Å². The first-order valence-corrected chi connectivity index (χ1v) is 12.6. The van der Waals surface area contributed by atoms with Crippen molar-refractivity contribution < 1.29 is 23.8 Å². The molecule has 1 N–H and O–H groups in total. The second-order valence-electron chi connectivity index (χ2n) is 10.0. The molecule has 4 aliphatic rings. The Morgan fingerprint density at radius 2 is 1.62 bits per heavy atom. The van der Waals surface area contributed by atoms with E-state index >= 15 is 0 Å². The zero-order valence-corrected chi connectivity index (χ0v) is 19.6. The Labute approximate surface area is 200 Å². The van der Waals surface area contributed by atoms with E-state index in [-0.39, 0.29) is 42.1 Å². The second kappa shape index (κ2) is 10.0. The number of carbonyl (C=O) groups is 2. The molecule has 3 fully saturated rings. The van der Waals surface area contributed by atoms with Gasteiger partial charge in [0.2, 0.25) is 11.8 Å². The van der Waals surface area contributed by atoms with Gasteiger partial charge in [0.15, 0.2) is 0 Å². The second-order valence-corrected chi connectivity index (χ2v) is 10.0. The van der Waals surface area contributed by atoms with Gasteiger partial charge in [0.25, 0.3) is 0 Å². The Kier molecular flexibility index (Phi) is 6.88. The molecule has 2 amide bonds. The molecule has 0 spiro atoms. The highest BCUT2D eigenvalue weighted by molar-refractivity contribution is 6.05. The van der Waals surface area contributed by atoms with Crippen LogP contribution in [0.25, 0.3) is 0 Å². The highest BCUT2D eigenvalue weighted by Gasteiger charge is 2.47. The molecule has 2 heterocycles. The Balaban J connectivity index is 1.14. The summed E-state index contributed by atoms with van der Waals surface area (Å²) >= 11 is 0. The molecule has 7 nitrogen and oxygen atoms in total. The molecule has 2 saturated heterocycles. The molecule has 2 aliphatic carbocycles. The van der Waals surface area contributed by atoms with Gasteiger partial charge in [-0.1, -0.05) is 12.2 Å². The number of halogens is 1. The summed E-state index contributed by atoms with van der Waals surface area (Å²) < 4.78 is 20.2. The molecule has 0 aromatic heterocycles. The number of anilines is 1. The van der Waals surface area contributed by atoms with Crippen molar-refractivity contribution in [1.29, 1.82) is 0 Å². The Morgan fingerprint density at radius 1 is 0.971 bits per heavy atom. The van der Waals surface area contributed by atoms with Gasteiger partial charge in [0.1, 0.15) is 11.6 Å². The summed E-state index contributed by atoms with van der Waals surface area (Å²) in [4.78, 5) is 30.9. The number of piperazine rings is 1. The Bertz CT molecular complexity index is 914. The van der Waals surface area contributed by atoms with E-state index in [4.69, 9.17) is 4.74 Å². The monoisotopic (exact) mass is 471 g/mol. The van der Waals surface area contributed by atoms with Crippen molar-refractivity contribution >= 4 is 17.5 Å². The summed E-state index contributed by atoms with van der Waals surface area (Å²) in [5, 5.41) is 10.7. The van der Waals surface area contributed by atoms with E-state index in [0.717, 1.165) is 24.3 Å². The zero-order valence-electron chi connectivity index (χ0n) is 19.6. The molecule has 3 unspecified atom stereocenters. The van der Waals surface area contributed by atoms with Gasteiger partial charge in [-0.2, -0.15) is 0 Å². The highest BCUT2D eigenvalue weighted by Crippen LogP contribution is 2.36. The fourth-order valence-electron chi connectivity index (χ4n) is 5.81. The number of aliphatic hydroxyl groups is 1. The lowest BCUT2D eigenvalue weighted by atomic mass is 9.85. The molecule has 34 heavy (non-hydrogen) atoms. The molecule has 2 aliphatic heterocycles. The lowest BCUT2D eigenvalue weighted by Crippen LogP contribution is -2.50. The zero-order chi connectivity index (χ0) is 23.7. The number of benzene rings is 1. The van der Waals surface area contributed by atoms with Crippen molar-refractivity contribution in [3.63, 3.8) is 0 Å². The number of allylic oxidation sites excluding steroid dienone is 2. The number of nitrogens with zero attached hydrogens (tertiary/aromatic N) is 3. The SMILES string of the molecule is O=C1C2CC=CCC2C(=O)N1CC(O)CN1CCN(c2cc(F)ccc2OC2CCCC2)CC1. The average molecular weight is 472 g/mol. The van der Waals surface area contributed by atoms with Gasteiger partial charge in [0.05, 0.1) is 36.3 Å². The number of rotatable bonds is 7. The molecule has 1 aromatic carbocycles. The molecule has 184 valence electrons. The number of fused-ring (bicyclic) bond motifs is 1. The smallest absolute Gasteiger partial charge is 0.233 e. The molecule has 1 aromatic rings. The predicted octanol–water partition coefficient (Wildman–Crippen LogP) is 2.58. The number of carbonyl (C=O) groups excluding carboxylic acids is 2. The van der Waals surface area contributed by atoms with E-state index in [2.05, 4.69) is 9.80 Å². The normalized spacial score (nSPS) is 26.9. The maximum atomic E-state index is 14.0. The molecule has 0 bridgehead atoms. The summed E-state index contributed by atoms with van der Waals surface area (Å²) in [5.41, 5.74) is 0.788. The minimum atomic E-state index is -0.789. The highest BCUT2D eigenvalue weighted by atomic mass is 19.1. The first kappa shape index (κ1) is 23.3. The number of β-amino-alcohol motifs (C(OH)–C–C–N with tert-alkyl or cyclic N) is 1. The lowest BCUT2D eigenvalue weighted by Gasteiger charge is -2.38. The largest absolute Gasteiger partial charge is 0.488 e. The Hall–Kier alpha value is -2.45. The van der Waals surface area contributed by atoms with E-state index in [1.807, 2.05) is 12.2 Å². The van der Waals surface area contributed by atoms with Gasteiger partial charge in [0, 0.05) is 38.8 Å². The summed E-state index contributed by atoms with van der Waals surface area (Å²) in [6.45, 7) is 3.23. The van der Waals surface area contributed by atoms with Crippen LogP contribution in [0, 0.1) is 17.7 Å². The van der Waals surface area contributed by atoms with Crippen LogP contribution in [0.15, 0.2) is 30.4 Å². The Morgan fingerprint density at radius 3 is 2.26 bits per heavy atom. The van der Waals surface area contributed by atoms with Crippen LogP contribution in [0.3, 0.4) is 0 Å². The number of aliphatic hydroxyl groups excluding tert-OH is 1. The quantitative estimate of drug-likeness (QED) is 0.487. The molecular formula is C26H34FN3O4. The number of ether oxygens (including phenoxy) is 1. The fourth-order valence-corrected chi connectivity index (χ4v) is 5.81. The van der Waals surface area contributed by atoms with Gasteiger partial charge in [-0.25, -0.2) is 4.39 Å². The van der Waals surface area contributed by atoms with E-state index in [1.165, 1.54) is 23.8 Å². The molecule has 3 atom stereocenters. The summed E-state index contributed by atoms with van der Waals surface area (Å²) in [6, 6.07) is 4.73. The van der Waals surface area contributed by atoms with Crippen molar-refractivity contribution in [1.82, 2.24) is 9.80 Å². The van der Waals surface area contributed by atoms with Crippen LogP contribution < -0.4 is 9.64 Å². The van der Waals surface area contributed by atoms with Crippen molar-refractivity contribution in [3.05, 3.63) is 36.2 Å². The minimum Gasteiger partial charge on any atom is -0.488 e. The van der Waals surface area contributed by atoms with Crippen LogP contribution in [0.4, 0.5) is 10.1 Å². The van der Waals surface area contributed by atoms with E-state index in [1.54, 1.807) is 12.1 Å². The van der Waals surface area contributed by atoms with Crippen LogP contribution in [-0.4, -0.2) is 78.2 Å². The third-order valence-electron chi connectivity index (χ3n) is 7.69. The fraction of sp³-hybridized carbons (Fsp3) is 0.615. The number of imide groups is 1. The number of hydrogen-bond donors (Lipinski definition) is 1. The van der Waals surface area contributed by atoms with Crippen LogP contribution in [0.2, 0.25) is 0 Å². The van der Waals surface area contributed by atoms with Gasteiger partial charge in [-0.3, -0.25) is 19.4 Å². The third-order valence-corrected chi connectivity index (χ3v) is 7.69. The first-order chi connectivity index (χ1) is 16.5. The van der Waals surface area contributed by atoms with Crippen molar-refractivity contribution in [3.8, 4) is 5.75 Å². The molecule has 8 heteroatoms. The third kappa shape index (κ3) is 4.84. The number of amides is 2. The van der Waals surface area contributed by atoms with E-state index < -0.39 is 6.10 Å². The number of likely N-dealkylation sites (tertiary alicyclic amines) is 1. The molecular weight excluding hydrogens is 437 g/mol. The maximum absolute atomic E-state index is 14.0. The average Bonchev–Trinajstić information content (AvgIpc) is 3.44. The first-order valence-electron chi connectivity index (χ1n) is 12.6. The van der Waals surface area contributed by atoms with Crippen LogP contribution in [0.1, 0.15) is 38.5 Å². The molecule has 1 saturated carbocycles. The summed E-state index contributed by atoms with van der Waals surface area (Å²) in [7, 11) is 0. The minimum absolute atomic E-state index is 0.0498. The topological polar surface area (TPSA) is 73.3 Å². The summed E-state index contributed by atoms with van der Waals surface area (Å²) in [6.07, 6.45) is 9.00. The standard InChI is InChI=1S/C26H34FN3O4/c27-18-9-10-24(34-20-5-1-2-6-20)23(15-18)29-13-11-28(12-14-29)16-19(31)17-30-25(32)21-7-3-4-8-22(21)26(30)33/h3-4,9-10,15,19-22,31H,1-2,5-8,11-14,16-17H2. The van der Waals surface area contributed by atoms with Crippen LogP contribution >= 0.6 is 0 Å². The lowest BCUT2D eigenvalue weighted by molar-refractivity contribution is -0.141. The summed E-state index contributed by atoms with van der Waals surface area (Å²) in [5.74, 6) is -0.361. The van der Waals surface area contributed by atoms with Gasteiger partial charge in [-0.05, 0) is 50.7 Å². The molecule has 0 radical (unpaired) electrons. The van der Waals surface area contributed by atoms with Crippen LogP contribution in [-0.2, 0) is 9.59 Å². The van der Waals surface area contributed by atoms with E-state index in [9.17, 15) is 19.1 Å². The van der Waals surface area contributed by atoms with E-state index in [0.29, 0.717) is 45.6 Å². The van der Waals surface area contributed by atoms with Crippen molar-refractivity contribution in [2.45, 2.75) is 50.7 Å².